The minimum atomic E-state index is -3.35. The zero-order valence-corrected chi connectivity index (χ0v) is 20.0. The molecule has 0 atom stereocenters. The molecule has 3 aromatic rings. The van der Waals surface area contributed by atoms with Crippen molar-refractivity contribution in [2.24, 2.45) is 0 Å². The molecule has 0 bridgehead atoms. The summed E-state index contributed by atoms with van der Waals surface area (Å²) in [6, 6.07) is 9.57. The highest BCUT2D eigenvalue weighted by molar-refractivity contribution is 7.90. The summed E-state index contributed by atoms with van der Waals surface area (Å²) in [4.78, 5) is 15.5. The third kappa shape index (κ3) is 5.05. The highest BCUT2D eigenvalue weighted by Gasteiger charge is 2.24. The topological polar surface area (TPSA) is 71.4 Å². The van der Waals surface area contributed by atoms with Crippen LogP contribution in [0.25, 0.3) is 11.3 Å². The van der Waals surface area contributed by atoms with Crippen molar-refractivity contribution in [2.75, 3.05) is 31.2 Å². The maximum atomic E-state index is 14.7. The smallest absolute Gasteiger partial charge is 0.257 e. The van der Waals surface area contributed by atoms with Gasteiger partial charge in [0.25, 0.3) is 5.91 Å². The maximum Gasteiger partial charge on any atom is 0.257 e. The molecule has 0 unspecified atom stereocenters. The number of nitrogens with zero attached hydrogens (tertiary/aromatic N) is 2. The number of carbonyl (C=O) groups is 1. The Morgan fingerprint density at radius 2 is 1.62 bits per heavy atom. The molecule has 0 saturated carbocycles. The second-order valence-corrected chi connectivity index (χ2v) is 10.6. The zero-order valence-electron chi connectivity index (χ0n) is 19.1. The number of rotatable bonds is 7. The predicted octanol–water partition coefficient (Wildman–Crippen LogP) is 4.49. The number of likely N-dealkylation sites (tertiary alicyclic amines) is 1. The van der Waals surface area contributed by atoms with Crippen LogP contribution < -0.4 is 5.32 Å². The Labute approximate surface area is 198 Å². The minimum Gasteiger partial charge on any atom is -0.345 e. The third-order valence-electron chi connectivity index (χ3n) is 6.17. The van der Waals surface area contributed by atoms with Crippen LogP contribution in [0.3, 0.4) is 0 Å². The van der Waals surface area contributed by atoms with Gasteiger partial charge < -0.3 is 14.8 Å². The molecule has 0 radical (unpaired) electrons. The van der Waals surface area contributed by atoms with Crippen molar-refractivity contribution in [1.82, 2.24) is 9.47 Å². The Morgan fingerprint density at radius 1 is 1.00 bits per heavy atom. The Kier molecular flexibility index (Phi) is 6.86. The molecule has 1 saturated heterocycles. The molecule has 2 heterocycles. The van der Waals surface area contributed by atoms with E-state index in [0.717, 1.165) is 32.2 Å². The van der Waals surface area contributed by atoms with E-state index in [9.17, 15) is 22.0 Å². The Morgan fingerprint density at radius 3 is 2.21 bits per heavy atom. The second kappa shape index (κ2) is 9.68. The lowest BCUT2D eigenvalue weighted by atomic mass is 10.0. The van der Waals surface area contributed by atoms with E-state index in [0.29, 0.717) is 35.6 Å². The molecule has 4 rings (SSSR count). The van der Waals surface area contributed by atoms with Crippen LogP contribution >= 0.6 is 0 Å². The molecule has 9 heteroatoms. The molecule has 34 heavy (non-hydrogen) atoms. The van der Waals surface area contributed by atoms with Gasteiger partial charge in [0.05, 0.1) is 21.7 Å². The number of hydrogen-bond donors (Lipinski definition) is 1. The molecule has 2 aromatic carbocycles. The van der Waals surface area contributed by atoms with Crippen molar-refractivity contribution in [3.63, 3.8) is 0 Å². The first-order valence-electron chi connectivity index (χ1n) is 11.1. The molecule has 180 valence electrons. The number of nitrogens with one attached hydrogen (secondary N) is 1. The first kappa shape index (κ1) is 24.1. The van der Waals surface area contributed by atoms with E-state index in [1.165, 1.54) is 42.5 Å². The molecule has 1 amide bonds. The summed E-state index contributed by atoms with van der Waals surface area (Å²) in [5.41, 5.74) is 1.37. The average Bonchev–Trinajstić information content (AvgIpc) is 3.40. The van der Waals surface area contributed by atoms with Crippen LogP contribution in [0.15, 0.2) is 53.6 Å². The molecule has 0 aliphatic carbocycles. The van der Waals surface area contributed by atoms with Gasteiger partial charge in [-0.25, -0.2) is 17.2 Å². The monoisotopic (exact) mass is 487 g/mol. The number of benzene rings is 2. The van der Waals surface area contributed by atoms with Gasteiger partial charge >= 0.3 is 0 Å². The van der Waals surface area contributed by atoms with Gasteiger partial charge in [-0.1, -0.05) is 6.07 Å². The van der Waals surface area contributed by atoms with Gasteiger partial charge in [0.2, 0.25) is 0 Å². The molecule has 1 N–H and O–H groups in total. The summed E-state index contributed by atoms with van der Waals surface area (Å²) in [7, 11) is -3.35. The highest BCUT2D eigenvalue weighted by Crippen LogP contribution is 2.33. The first-order chi connectivity index (χ1) is 16.1. The van der Waals surface area contributed by atoms with E-state index in [1.54, 1.807) is 17.7 Å². The molecule has 1 aromatic heterocycles. The lowest BCUT2D eigenvalue weighted by molar-refractivity contribution is 0.102. The summed E-state index contributed by atoms with van der Waals surface area (Å²) in [5, 5.41) is 2.75. The standard InChI is InChI=1S/C25H27F2N3O3S/c1-17-20(25(31)28-18-8-10-19(11-9-18)34(2,32)33)16-30(15-14-29-12-3-4-13-29)24(17)23-21(26)6-5-7-22(23)27/h5-11,16H,3-4,12-15H2,1-2H3,(H,28,31). The number of halogens is 2. The summed E-state index contributed by atoms with van der Waals surface area (Å²) in [5.74, 6) is -1.82. The van der Waals surface area contributed by atoms with Crippen molar-refractivity contribution >= 4 is 21.4 Å². The van der Waals surface area contributed by atoms with Gasteiger partial charge in [0.1, 0.15) is 11.6 Å². The van der Waals surface area contributed by atoms with Crippen molar-refractivity contribution < 1.29 is 22.0 Å². The molecular weight excluding hydrogens is 460 g/mol. The third-order valence-corrected chi connectivity index (χ3v) is 7.30. The first-order valence-corrected chi connectivity index (χ1v) is 13.0. The largest absolute Gasteiger partial charge is 0.345 e. The van der Waals surface area contributed by atoms with Crippen LogP contribution in [0.5, 0.6) is 0 Å². The van der Waals surface area contributed by atoms with E-state index in [4.69, 9.17) is 0 Å². The van der Waals surface area contributed by atoms with E-state index in [1.807, 2.05) is 0 Å². The molecule has 1 aliphatic heterocycles. The molecule has 1 aliphatic rings. The fourth-order valence-electron chi connectivity index (χ4n) is 4.36. The van der Waals surface area contributed by atoms with Crippen LogP contribution in [0.1, 0.15) is 28.8 Å². The summed E-state index contributed by atoms with van der Waals surface area (Å²) >= 11 is 0. The fraction of sp³-hybridized carbons (Fsp3) is 0.320. The van der Waals surface area contributed by atoms with Gasteiger partial charge in [-0.3, -0.25) is 4.79 Å². The van der Waals surface area contributed by atoms with Crippen molar-refractivity contribution in [2.45, 2.75) is 31.2 Å². The number of aromatic nitrogens is 1. The predicted molar refractivity (Wildman–Crippen MR) is 128 cm³/mol. The average molecular weight is 488 g/mol. The Bertz CT molecular complexity index is 1290. The number of carbonyl (C=O) groups excluding carboxylic acids is 1. The van der Waals surface area contributed by atoms with Crippen molar-refractivity contribution in [3.05, 3.63) is 71.4 Å². The van der Waals surface area contributed by atoms with E-state index >= 15 is 0 Å². The lowest BCUT2D eigenvalue weighted by Crippen LogP contribution is -2.24. The van der Waals surface area contributed by atoms with Crippen molar-refractivity contribution in [1.29, 1.82) is 0 Å². The zero-order chi connectivity index (χ0) is 24.5. The lowest BCUT2D eigenvalue weighted by Gasteiger charge is -2.17. The number of hydrogen-bond acceptors (Lipinski definition) is 4. The molecular formula is C25H27F2N3O3S. The fourth-order valence-corrected chi connectivity index (χ4v) is 4.99. The normalized spacial score (nSPS) is 14.5. The van der Waals surface area contributed by atoms with Crippen LogP contribution in [0.2, 0.25) is 0 Å². The number of anilines is 1. The van der Waals surface area contributed by atoms with Crippen LogP contribution in [-0.2, 0) is 16.4 Å². The SMILES string of the molecule is Cc1c(C(=O)Nc2ccc(S(C)(=O)=O)cc2)cn(CCN2CCCC2)c1-c1c(F)cccc1F. The minimum absolute atomic E-state index is 0.145. The van der Waals surface area contributed by atoms with Gasteiger partial charge in [0, 0.05) is 31.2 Å². The second-order valence-electron chi connectivity index (χ2n) is 8.61. The Hall–Kier alpha value is -3.04. The molecule has 1 fully saturated rings. The Balaban J connectivity index is 1.67. The summed E-state index contributed by atoms with van der Waals surface area (Å²) in [6.45, 7) is 4.85. The quantitative estimate of drug-likeness (QED) is 0.533. The van der Waals surface area contributed by atoms with Gasteiger partial charge in [-0.2, -0.15) is 0 Å². The maximum absolute atomic E-state index is 14.7. The van der Waals surface area contributed by atoms with Crippen LogP contribution in [0.4, 0.5) is 14.5 Å². The summed E-state index contributed by atoms with van der Waals surface area (Å²) < 4.78 is 54.5. The number of sulfone groups is 1. The van der Waals surface area contributed by atoms with Crippen molar-refractivity contribution in [3.8, 4) is 11.3 Å². The van der Waals surface area contributed by atoms with E-state index < -0.39 is 27.4 Å². The number of amides is 1. The summed E-state index contributed by atoms with van der Waals surface area (Å²) in [6.07, 6.45) is 5.00. The van der Waals surface area contributed by atoms with Gasteiger partial charge in [-0.15, -0.1) is 0 Å². The molecule has 6 nitrogen and oxygen atoms in total. The van der Waals surface area contributed by atoms with E-state index in [2.05, 4.69) is 10.2 Å². The van der Waals surface area contributed by atoms with Gasteiger partial charge in [0.15, 0.2) is 9.84 Å². The van der Waals surface area contributed by atoms with E-state index in [-0.39, 0.29) is 10.5 Å². The van der Waals surface area contributed by atoms with Crippen LogP contribution in [0, 0.1) is 18.6 Å². The van der Waals surface area contributed by atoms with Gasteiger partial charge in [-0.05, 0) is 74.8 Å². The molecule has 0 spiro atoms. The highest BCUT2D eigenvalue weighted by atomic mass is 32.2. The van der Waals surface area contributed by atoms with Crippen LogP contribution in [-0.4, -0.2) is 49.7 Å².